The topological polar surface area (TPSA) is 82.6 Å². The molecule has 0 rings (SSSR count). The van der Waals surface area contributed by atoms with Gasteiger partial charge in [-0.1, -0.05) is 6.92 Å². The highest BCUT2D eigenvalue weighted by atomic mass is 32.2. The molecule has 0 spiro atoms. The molecule has 96 valence electrons. The molecule has 0 aromatic rings. The molecule has 0 amide bonds. The van der Waals surface area contributed by atoms with Crippen LogP contribution < -0.4 is 15.4 Å². The first-order valence-electron chi connectivity index (χ1n) is 5.47. The van der Waals surface area contributed by atoms with Crippen LogP contribution in [0.4, 0.5) is 0 Å². The molecule has 0 bridgehead atoms. The molecule has 0 saturated heterocycles. The Morgan fingerprint density at radius 3 is 2.25 bits per heavy atom. The van der Waals surface area contributed by atoms with E-state index in [2.05, 4.69) is 27.3 Å². The third kappa shape index (κ3) is 7.47. The van der Waals surface area contributed by atoms with Crippen molar-refractivity contribution in [1.29, 1.82) is 0 Å². The van der Waals surface area contributed by atoms with Crippen LogP contribution in [0.2, 0.25) is 0 Å². The molecule has 0 unspecified atom stereocenters. The van der Waals surface area contributed by atoms with Gasteiger partial charge in [0, 0.05) is 26.7 Å². The lowest BCUT2D eigenvalue weighted by molar-refractivity contribution is 0.582. The first kappa shape index (κ1) is 15.2. The number of hydrogen-bond acceptors (Lipinski definition) is 3. The molecule has 0 atom stereocenters. The predicted molar refractivity (Wildman–Crippen MR) is 67.1 cm³/mol. The van der Waals surface area contributed by atoms with Crippen molar-refractivity contribution in [2.75, 3.05) is 32.4 Å². The van der Waals surface area contributed by atoms with Crippen LogP contribution in [0.5, 0.6) is 0 Å². The van der Waals surface area contributed by atoms with Crippen molar-refractivity contribution in [2.45, 2.75) is 20.3 Å². The summed E-state index contributed by atoms with van der Waals surface area (Å²) in [6.45, 7) is 5.40. The van der Waals surface area contributed by atoms with Gasteiger partial charge < -0.3 is 10.6 Å². The first-order chi connectivity index (χ1) is 7.55. The van der Waals surface area contributed by atoms with Crippen LogP contribution in [0.3, 0.4) is 0 Å². The summed E-state index contributed by atoms with van der Waals surface area (Å²) in [4.78, 5) is 4.00. The zero-order valence-electron chi connectivity index (χ0n) is 10.2. The maximum Gasteiger partial charge on any atom is 0.211 e. The van der Waals surface area contributed by atoms with Crippen molar-refractivity contribution in [1.82, 2.24) is 15.4 Å². The van der Waals surface area contributed by atoms with Gasteiger partial charge in [0.2, 0.25) is 10.0 Å². The van der Waals surface area contributed by atoms with E-state index in [9.17, 15) is 8.42 Å². The zero-order chi connectivity index (χ0) is 12.4. The largest absolute Gasteiger partial charge is 0.356 e. The van der Waals surface area contributed by atoms with Gasteiger partial charge in [-0.05, 0) is 13.3 Å². The van der Waals surface area contributed by atoms with E-state index < -0.39 is 10.0 Å². The van der Waals surface area contributed by atoms with Gasteiger partial charge in [-0.3, -0.25) is 4.99 Å². The smallest absolute Gasteiger partial charge is 0.211 e. The molecule has 7 heteroatoms. The van der Waals surface area contributed by atoms with Crippen molar-refractivity contribution < 1.29 is 8.42 Å². The SMILES string of the molecule is CCCNC(=NC)NCCNS(=O)(=O)CC. The van der Waals surface area contributed by atoms with Crippen LogP contribution in [-0.4, -0.2) is 46.8 Å². The normalized spacial score (nSPS) is 12.6. The fraction of sp³-hybridized carbons (Fsp3) is 0.889. The fourth-order valence-corrected chi connectivity index (χ4v) is 1.57. The Bertz CT molecular complexity index is 301. The Hall–Kier alpha value is -0.820. The summed E-state index contributed by atoms with van der Waals surface area (Å²) in [5, 5.41) is 6.11. The van der Waals surface area contributed by atoms with E-state index in [4.69, 9.17) is 0 Å². The number of guanidine groups is 1. The molecule has 0 aromatic carbocycles. The van der Waals surface area contributed by atoms with E-state index in [1.165, 1.54) is 0 Å². The number of nitrogens with one attached hydrogen (secondary N) is 3. The first-order valence-corrected chi connectivity index (χ1v) is 7.12. The minimum absolute atomic E-state index is 0.107. The van der Waals surface area contributed by atoms with Gasteiger partial charge in [-0.15, -0.1) is 0 Å². The highest BCUT2D eigenvalue weighted by molar-refractivity contribution is 7.89. The monoisotopic (exact) mass is 250 g/mol. The molecular weight excluding hydrogens is 228 g/mol. The lowest BCUT2D eigenvalue weighted by Gasteiger charge is -2.11. The molecule has 0 aliphatic heterocycles. The summed E-state index contributed by atoms with van der Waals surface area (Å²) >= 11 is 0. The molecule has 0 radical (unpaired) electrons. The second-order valence-corrected chi connectivity index (χ2v) is 5.32. The molecule has 6 nitrogen and oxygen atoms in total. The van der Waals surface area contributed by atoms with Crippen LogP contribution >= 0.6 is 0 Å². The molecule has 0 saturated carbocycles. The highest BCUT2D eigenvalue weighted by Crippen LogP contribution is 1.80. The summed E-state index contributed by atoms with van der Waals surface area (Å²) < 4.78 is 24.7. The number of rotatable bonds is 7. The number of sulfonamides is 1. The van der Waals surface area contributed by atoms with Crippen molar-refractivity contribution in [3.63, 3.8) is 0 Å². The van der Waals surface area contributed by atoms with Gasteiger partial charge in [0.25, 0.3) is 0 Å². The minimum Gasteiger partial charge on any atom is -0.356 e. The molecule has 16 heavy (non-hydrogen) atoms. The van der Waals surface area contributed by atoms with E-state index in [-0.39, 0.29) is 5.75 Å². The Morgan fingerprint density at radius 1 is 1.12 bits per heavy atom. The predicted octanol–water partition coefficient (Wildman–Crippen LogP) is -0.499. The zero-order valence-corrected chi connectivity index (χ0v) is 11.0. The van der Waals surface area contributed by atoms with Gasteiger partial charge in [-0.2, -0.15) is 0 Å². The lowest BCUT2D eigenvalue weighted by Crippen LogP contribution is -2.41. The standard InChI is InChI=1S/C9H22N4O2S/c1-4-6-11-9(10-3)12-7-8-13-16(14,15)5-2/h13H,4-8H2,1-3H3,(H2,10,11,12). The average molecular weight is 250 g/mol. The Labute approximate surface area is 98.0 Å². The van der Waals surface area contributed by atoms with E-state index in [1.807, 2.05) is 0 Å². The molecule has 0 fully saturated rings. The highest BCUT2D eigenvalue weighted by Gasteiger charge is 2.04. The molecule has 0 aliphatic rings. The molecular formula is C9H22N4O2S. The number of hydrogen-bond donors (Lipinski definition) is 3. The maximum absolute atomic E-state index is 11.1. The molecule has 0 heterocycles. The van der Waals surface area contributed by atoms with Gasteiger partial charge in [-0.25, -0.2) is 13.1 Å². The van der Waals surface area contributed by atoms with Crippen molar-refractivity contribution in [2.24, 2.45) is 4.99 Å². The summed E-state index contributed by atoms with van der Waals surface area (Å²) in [5.74, 6) is 0.799. The van der Waals surface area contributed by atoms with Crippen LogP contribution in [0.1, 0.15) is 20.3 Å². The third-order valence-electron chi connectivity index (χ3n) is 1.89. The molecule has 0 aliphatic carbocycles. The Balaban J connectivity index is 3.72. The molecule has 0 aromatic heterocycles. The summed E-state index contributed by atoms with van der Waals surface area (Å²) in [6.07, 6.45) is 1.02. The van der Waals surface area contributed by atoms with Crippen LogP contribution in [-0.2, 0) is 10.0 Å². The van der Waals surface area contributed by atoms with Crippen LogP contribution in [0.25, 0.3) is 0 Å². The number of nitrogens with zero attached hydrogens (tertiary/aromatic N) is 1. The van der Waals surface area contributed by atoms with Crippen molar-refractivity contribution in [3.05, 3.63) is 0 Å². The average Bonchev–Trinajstić information content (AvgIpc) is 2.28. The minimum atomic E-state index is -3.09. The summed E-state index contributed by atoms with van der Waals surface area (Å²) in [6, 6.07) is 0. The maximum atomic E-state index is 11.1. The summed E-state index contributed by atoms with van der Waals surface area (Å²) in [7, 11) is -1.41. The van der Waals surface area contributed by atoms with Crippen molar-refractivity contribution >= 4 is 16.0 Å². The fourth-order valence-electron chi connectivity index (χ4n) is 0.954. The molecule has 3 N–H and O–H groups in total. The van der Waals surface area contributed by atoms with Gasteiger partial charge >= 0.3 is 0 Å². The van der Waals surface area contributed by atoms with Crippen molar-refractivity contribution in [3.8, 4) is 0 Å². The second kappa shape index (κ2) is 8.35. The van der Waals surface area contributed by atoms with E-state index in [1.54, 1.807) is 14.0 Å². The van der Waals surface area contributed by atoms with Gasteiger partial charge in [0.1, 0.15) is 0 Å². The van der Waals surface area contributed by atoms with Crippen LogP contribution in [0.15, 0.2) is 4.99 Å². The van der Waals surface area contributed by atoms with E-state index >= 15 is 0 Å². The van der Waals surface area contributed by atoms with Crippen LogP contribution in [0, 0.1) is 0 Å². The Kier molecular flexibility index (Phi) is 7.92. The second-order valence-electron chi connectivity index (χ2n) is 3.22. The number of aliphatic imine (C=N–C) groups is 1. The van der Waals surface area contributed by atoms with E-state index in [0.29, 0.717) is 19.0 Å². The Morgan fingerprint density at radius 2 is 1.75 bits per heavy atom. The quantitative estimate of drug-likeness (QED) is 0.323. The van der Waals surface area contributed by atoms with E-state index in [0.717, 1.165) is 13.0 Å². The summed E-state index contributed by atoms with van der Waals surface area (Å²) in [5.41, 5.74) is 0. The van der Waals surface area contributed by atoms with Gasteiger partial charge in [0.15, 0.2) is 5.96 Å². The lowest BCUT2D eigenvalue weighted by atomic mass is 10.5. The third-order valence-corrected chi connectivity index (χ3v) is 3.29. The van der Waals surface area contributed by atoms with Gasteiger partial charge in [0.05, 0.1) is 5.75 Å².